The number of hydrogen-bond donors (Lipinski definition) is 2. The number of nitrogens with two attached hydrogens (primary N) is 1. The minimum atomic E-state index is -3.27. The highest BCUT2D eigenvalue weighted by Gasteiger charge is 2.28. The van der Waals surface area contributed by atoms with Crippen molar-refractivity contribution in [1.29, 1.82) is 0 Å². The van der Waals surface area contributed by atoms with Crippen molar-refractivity contribution in [2.24, 2.45) is 0 Å². The van der Waals surface area contributed by atoms with E-state index in [-0.39, 0.29) is 17.9 Å². The van der Waals surface area contributed by atoms with Crippen LogP contribution in [0.3, 0.4) is 0 Å². The van der Waals surface area contributed by atoms with Crippen molar-refractivity contribution in [3.8, 4) is 0 Å². The molecule has 0 spiro atoms. The minimum Gasteiger partial charge on any atom is -0.366 e. The van der Waals surface area contributed by atoms with Crippen molar-refractivity contribution in [3.63, 3.8) is 0 Å². The molecule has 0 aliphatic carbocycles. The van der Waals surface area contributed by atoms with Gasteiger partial charge in [0.25, 0.3) is 5.91 Å². The number of nitrogen functional groups attached to an aromatic ring is 1. The third-order valence-corrected chi connectivity index (χ3v) is 5.55. The molecule has 12 heteroatoms. The molecule has 3 rings (SSSR count). The maximum atomic E-state index is 13.9. The van der Waals surface area contributed by atoms with Gasteiger partial charge in [-0.1, -0.05) is 6.07 Å². The number of halogens is 2. The molecule has 0 unspecified atom stereocenters. The van der Waals surface area contributed by atoms with E-state index in [1.165, 1.54) is 4.31 Å². The standard InChI is InChI=1S/C15H18F2N6O3S/c1-27(25,26)22-7-5-9(6-8-22)19-15-20-14(18)21-23(15)13(24)12-10(16)3-2-4-11(12)17/h2-4,9H,5-8H2,1H3,(H3,18,19,20,21). The quantitative estimate of drug-likeness (QED) is 0.773. The van der Waals surface area contributed by atoms with Crippen LogP contribution in [-0.2, 0) is 10.0 Å². The average Bonchev–Trinajstić information content (AvgIpc) is 2.94. The summed E-state index contributed by atoms with van der Waals surface area (Å²) < 4.78 is 53.0. The first-order valence-corrected chi connectivity index (χ1v) is 9.94. The zero-order valence-corrected chi connectivity index (χ0v) is 15.2. The van der Waals surface area contributed by atoms with Crippen molar-refractivity contribution in [1.82, 2.24) is 19.1 Å². The zero-order chi connectivity index (χ0) is 19.8. The van der Waals surface area contributed by atoms with Gasteiger partial charge in [0.1, 0.15) is 17.2 Å². The lowest BCUT2D eigenvalue weighted by Crippen LogP contribution is -2.42. The summed E-state index contributed by atoms with van der Waals surface area (Å²) >= 11 is 0. The number of aromatic nitrogens is 3. The lowest BCUT2D eigenvalue weighted by Gasteiger charge is -2.30. The molecule has 3 N–H and O–H groups in total. The Labute approximate surface area is 154 Å². The van der Waals surface area contributed by atoms with E-state index < -0.39 is 33.1 Å². The normalized spacial score (nSPS) is 16.4. The van der Waals surface area contributed by atoms with Gasteiger partial charge in [0, 0.05) is 19.1 Å². The van der Waals surface area contributed by atoms with Crippen molar-refractivity contribution < 1.29 is 22.0 Å². The summed E-state index contributed by atoms with van der Waals surface area (Å²) in [7, 11) is -3.27. The van der Waals surface area contributed by atoms with Crippen LogP contribution < -0.4 is 11.1 Å². The van der Waals surface area contributed by atoms with E-state index in [0.717, 1.165) is 24.5 Å². The van der Waals surface area contributed by atoms with E-state index >= 15 is 0 Å². The fourth-order valence-electron chi connectivity index (χ4n) is 2.89. The van der Waals surface area contributed by atoms with Crippen LogP contribution in [0.5, 0.6) is 0 Å². The molecule has 1 aliphatic rings. The second kappa shape index (κ2) is 7.19. The van der Waals surface area contributed by atoms with E-state index in [9.17, 15) is 22.0 Å². The first-order chi connectivity index (χ1) is 12.7. The maximum absolute atomic E-state index is 13.9. The summed E-state index contributed by atoms with van der Waals surface area (Å²) in [6, 6.07) is 2.87. The van der Waals surface area contributed by atoms with Crippen LogP contribution in [0.2, 0.25) is 0 Å². The summed E-state index contributed by atoms with van der Waals surface area (Å²) in [6.45, 7) is 0.603. The Balaban J connectivity index is 1.80. The third-order valence-electron chi connectivity index (χ3n) is 4.25. The maximum Gasteiger partial charge on any atom is 0.287 e. The second-order valence-corrected chi connectivity index (χ2v) is 8.17. The summed E-state index contributed by atoms with van der Waals surface area (Å²) in [6.07, 6.45) is 2.06. The Morgan fingerprint density at radius 2 is 1.85 bits per heavy atom. The number of carbonyl (C=O) groups is 1. The van der Waals surface area contributed by atoms with Crippen LogP contribution in [0, 0.1) is 11.6 Å². The first kappa shape index (κ1) is 19.2. The molecule has 1 aromatic heterocycles. The highest BCUT2D eigenvalue weighted by molar-refractivity contribution is 7.88. The summed E-state index contributed by atoms with van der Waals surface area (Å²) in [5.41, 5.74) is 4.78. The lowest BCUT2D eigenvalue weighted by atomic mass is 10.1. The molecule has 2 aromatic rings. The van der Waals surface area contributed by atoms with Gasteiger partial charge in [-0.15, -0.1) is 5.10 Å². The van der Waals surface area contributed by atoms with Crippen molar-refractivity contribution in [3.05, 3.63) is 35.4 Å². The second-order valence-electron chi connectivity index (χ2n) is 6.19. The number of nitrogens with one attached hydrogen (secondary N) is 1. The molecule has 1 fully saturated rings. The third kappa shape index (κ3) is 4.06. The van der Waals surface area contributed by atoms with Gasteiger partial charge in [-0.2, -0.15) is 9.67 Å². The molecular weight excluding hydrogens is 382 g/mol. The summed E-state index contributed by atoms with van der Waals surface area (Å²) in [4.78, 5) is 16.4. The molecule has 1 aromatic carbocycles. The number of sulfonamides is 1. The van der Waals surface area contributed by atoms with E-state index in [4.69, 9.17) is 5.73 Å². The van der Waals surface area contributed by atoms with E-state index in [0.29, 0.717) is 30.6 Å². The van der Waals surface area contributed by atoms with Crippen LogP contribution in [0.4, 0.5) is 20.7 Å². The van der Waals surface area contributed by atoms with Gasteiger partial charge in [0.2, 0.25) is 21.9 Å². The SMILES string of the molecule is CS(=O)(=O)N1CCC(Nc2nc(N)nn2C(=O)c2c(F)cccc2F)CC1. The van der Waals surface area contributed by atoms with E-state index in [1.807, 2.05) is 0 Å². The summed E-state index contributed by atoms with van der Waals surface area (Å²) in [5, 5.41) is 6.67. The molecule has 0 bridgehead atoms. The highest BCUT2D eigenvalue weighted by Crippen LogP contribution is 2.20. The number of rotatable bonds is 4. The molecular formula is C15H18F2N6O3S. The van der Waals surface area contributed by atoms with Crippen molar-refractivity contribution in [2.45, 2.75) is 18.9 Å². The zero-order valence-electron chi connectivity index (χ0n) is 14.4. The Morgan fingerprint density at radius 3 is 2.41 bits per heavy atom. The van der Waals surface area contributed by atoms with E-state index in [2.05, 4.69) is 15.4 Å². The van der Waals surface area contributed by atoms with Crippen LogP contribution in [0.25, 0.3) is 0 Å². The number of anilines is 2. The minimum absolute atomic E-state index is 0.0574. The van der Waals surface area contributed by atoms with Crippen LogP contribution in [0.15, 0.2) is 18.2 Å². The smallest absolute Gasteiger partial charge is 0.287 e. The van der Waals surface area contributed by atoms with E-state index in [1.54, 1.807) is 0 Å². The van der Waals surface area contributed by atoms with Gasteiger partial charge >= 0.3 is 0 Å². The van der Waals surface area contributed by atoms with Gasteiger partial charge in [0.05, 0.1) is 6.26 Å². The molecule has 0 saturated carbocycles. The fraction of sp³-hybridized carbons (Fsp3) is 0.400. The predicted octanol–water partition coefficient (Wildman–Crippen LogP) is 0.663. The number of piperidine rings is 1. The van der Waals surface area contributed by atoms with Crippen LogP contribution in [0.1, 0.15) is 23.2 Å². The number of hydrogen-bond acceptors (Lipinski definition) is 7. The molecule has 0 amide bonds. The molecule has 0 radical (unpaired) electrons. The largest absolute Gasteiger partial charge is 0.366 e. The molecule has 2 heterocycles. The summed E-state index contributed by atoms with van der Waals surface area (Å²) in [5.74, 6) is -3.40. The van der Waals surface area contributed by atoms with Gasteiger partial charge in [-0.25, -0.2) is 21.5 Å². The number of carbonyl (C=O) groups excluding carboxylic acids is 1. The first-order valence-electron chi connectivity index (χ1n) is 8.09. The molecule has 9 nitrogen and oxygen atoms in total. The Hall–Kier alpha value is -2.60. The predicted molar refractivity (Wildman–Crippen MR) is 93.6 cm³/mol. The molecule has 146 valence electrons. The fourth-order valence-corrected chi connectivity index (χ4v) is 3.76. The van der Waals surface area contributed by atoms with Crippen LogP contribution in [-0.4, -0.2) is 58.8 Å². The average molecular weight is 400 g/mol. The van der Waals surface area contributed by atoms with Gasteiger partial charge in [0.15, 0.2) is 0 Å². The highest BCUT2D eigenvalue weighted by atomic mass is 32.2. The lowest BCUT2D eigenvalue weighted by molar-refractivity contribution is 0.0939. The molecule has 1 aliphatic heterocycles. The van der Waals surface area contributed by atoms with Crippen molar-refractivity contribution >= 4 is 27.8 Å². The number of nitrogens with zero attached hydrogens (tertiary/aromatic N) is 4. The molecule has 1 saturated heterocycles. The van der Waals surface area contributed by atoms with Gasteiger partial charge in [-0.3, -0.25) is 4.79 Å². The molecule has 0 atom stereocenters. The monoisotopic (exact) mass is 400 g/mol. The number of benzene rings is 1. The van der Waals surface area contributed by atoms with Gasteiger partial charge < -0.3 is 11.1 Å². The molecule has 27 heavy (non-hydrogen) atoms. The Bertz CT molecular complexity index is 950. The Kier molecular flexibility index (Phi) is 5.11. The van der Waals surface area contributed by atoms with Crippen LogP contribution >= 0.6 is 0 Å². The van der Waals surface area contributed by atoms with Gasteiger partial charge in [-0.05, 0) is 25.0 Å². The Morgan fingerprint density at radius 1 is 1.26 bits per heavy atom. The topological polar surface area (TPSA) is 123 Å². The van der Waals surface area contributed by atoms with Crippen molar-refractivity contribution in [2.75, 3.05) is 30.4 Å².